The summed E-state index contributed by atoms with van der Waals surface area (Å²) in [6, 6.07) is 7.28. The van der Waals surface area contributed by atoms with Crippen molar-refractivity contribution in [3.05, 3.63) is 52.9 Å². The van der Waals surface area contributed by atoms with Gasteiger partial charge in [-0.25, -0.2) is 0 Å². The number of ether oxygens (including phenoxy) is 2. The van der Waals surface area contributed by atoms with Crippen molar-refractivity contribution < 1.29 is 36.8 Å². The number of carbonyl (C=O) groups excluding carboxylic acids is 2. The van der Waals surface area contributed by atoms with Gasteiger partial charge in [-0.2, -0.15) is 18.2 Å². The van der Waals surface area contributed by atoms with Gasteiger partial charge in [-0.15, -0.1) is 0 Å². The Balaban J connectivity index is 1.88. The molecule has 2 N–H and O–H groups in total. The summed E-state index contributed by atoms with van der Waals surface area (Å²) >= 11 is 0. The first-order chi connectivity index (χ1) is 16.0. The molecule has 2 amide bonds. The molecular weight excluding hydrogens is 457 g/mol. The van der Waals surface area contributed by atoms with E-state index in [4.69, 9.17) is 14.0 Å². The Morgan fingerprint density at radius 2 is 1.71 bits per heavy atom. The van der Waals surface area contributed by atoms with Gasteiger partial charge < -0.3 is 24.6 Å². The summed E-state index contributed by atoms with van der Waals surface area (Å²) in [5.74, 6) is -1.42. The highest BCUT2D eigenvalue weighted by atomic mass is 19.4. The van der Waals surface area contributed by atoms with E-state index in [1.807, 2.05) is 5.32 Å². The van der Waals surface area contributed by atoms with Crippen molar-refractivity contribution in [1.29, 1.82) is 0 Å². The summed E-state index contributed by atoms with van der Waals surface area (Å²) < 4.78 is 54.0. The zero-order valence-corrected chi connectivity index (χ0v) is 18.7. The molecule has 0 saturated carbocycles. The zero-order chi connectivity index (χ0) is 25.0. The van der Waals surface area contributed by atoms with Crippen LogP contribution in [0.5, 0.6) is 11.5 Å². The number of hydrogen-bond donors (Lipinski definition) is 2. The van der Waals surface area contributed by atoms with Crippen LogP contribution in [0.3, 0.4) is 0 Å². The van der Waals surface area contributed by atoms with E-state index in [9.17, 15) is 22.8 Å². The van der Waals surface area contributed by atoms with Crippen LogP contribution in [-0.2, 0) is 11.3 Å². The van der Waals surface area contributed by atoms with Gasteiger partial charge in [-0.05, 0) is 30.7 Å². The SMILES string of the molecule is COc1cc(C(=O)NCc2ccc(-c3noc(C)n3)cc2NC(=O)C(F)(F)F)cc(OC)c1C. The molecule has 180 valence electrons. The summed E-state index contributed by atoms with van der Waals surface area (Å²) in [7, 11) is 2.90. The number of benzene rings is 2. The molecule has 1 aromatic heterocycles. The lowest BCUT2D eigenvalue weighted by atomic mass is 10.1. The smallest absolute Gasteiger partial charge is 0.471 e. The number of nitrogens with one attached hydrogen (secondary N) is 2. The van der Waals surface area contributed by atoms with Crippen LogP contribution in [0.25, 0.3) is 11.4 Å². The Hall–Kier alpha value is -4.09. The van der Waals surface area contributed by atoms with Gasteiger partial charge >= 0.3 is 12.1 Å². The molecule has 0 unspecified atom stereocenters. The van der Waals surface area contributed by atoms with E-state index in [2.05, 4.69) is 15.5 Å². The number of aryl methyl sites for hydroxylation is 1. The molecule has 0 aliphatic heterocycles. The fourth-order valence-electron chi connectivity index (χ4n) is 3.09. The van der Waals surface area contributed by atoms with Gasteiger partial charge in [-0.1, -0.05) is 17.3 Å². The normalized spacial score (nSPS) is 11.1. The van der Waals surface area contributed by atoms with Gasteiger partial charge in [0.15, 0.2) is 0 Å². The molecule has 3 aromatic rings. The summed E-state index contributed by atoms with van der Waals surface area (Å²) in [4.78, 5) is 28.3. The summed E-state index contributed by atoms with van der Waals surface area (Å²) in [6.45, 7) is 3.14. The van der Waals surface area contributed by atoms with E-state index in [0.29, 0.717) is 22.6 Å². The Morgan fingerprint density at radius 3 is 2.24 bits per heavy atom. The molecule has 0 spiro atoms. The van der Waals surface area contributed by atoms with E-state index < -0.39 is 18.0 Å². The predicted octanol–water partition coefficient (Wildman–Crippen LogP) is 3.80. The fraction of sp³-hybridized carbons (Fsp3) is 0.273. The van der Waals surface area contributed by atoms with Gasteiger partial charge in [0.25, 0.3) is 5.91 Å². The number of hydrogen-bond acceptors (Lipinski definition) is 7. The number of nitrogens with zero attached hydrogens (tertiary/aromatic N) is 2. The third-order valence-corrected chi connectivity index (χ3v) is 4.86. The van der Waals surface area contributed by atoms with Crippen LogP contribution in [0.4, 0.5) is 18.9 Å². The minimum Gasteiger partial charge on any atom is -0.496 e. The quantitative estimate of drug-likeness (QED) is 0.531. The van der Waals surface area contributed by atoms with Crippen LogP contribution >= 0.6 is 0 Å². The van der Waals surface area contributed by atoms with Crippen LogP contribution in [0.2, 0.25) is 0 Å². The first kappa shape index (κ1) is 24.6. The number of methoxy groups -OCH3 is 2. The number of anilines is 1. The third kappa shape index (κ3) is 5.45. The van der Waals surface area contributed by atoms with Crippen LogP contribution in [0.1, 0.15) is 27.4 Å². The standard InChI is InChI=1S/C22H21F3N4O5/c1-11-17(32-3)8-15(9-18(11)33-4)20(30)26-10-14-6-5-13(19-27-12(2)34-29-19)7-16(14)28-21(31)22(23,24)25/h5-9H,10H2,1-4H3,(H,26,30)(H,28,31). The Morgan fingerprint density at radius 1 is 1.06 bits per heavy atom. The lowest BCUT2D eigenvalue weighted by molar-refractivity contribution is -0.167. The van der Waals surface area contributed by atoms with Crippen molar-refractivity contribution in [3.63, 3.8) is 0 Å². The van der Waals surface area contributed by atoms with Crippen molar-refractivity contribution >= 4 is 17.5 Å². The first-order valence-corrected chi connectivity index (χ1v) is 9.86. The average Bonchev–Trinajstić information content (AvgIpc) is 3.23. The van der Waals surface area contributed by atoms with E-state index >= 15 is 0 Å². The molecular formula is C22H21F3N4O5. The molecule has 0 saturated heterocycles. The van der Waals surface area contributed by atoms with E-state index in [0.717, 1.165) is 0 Å². The number of halogens is 3. The highest BCUT2D eigenvalue weighted by Gasteiger charge is 2.39. The Bertz CT molecular complexity index is 1200. The van der Waals surface area contributed by atoms with E-state index in [-0.39, 0.29) is 35.1 Å². The fourth-order valence-corrected chi connectivity index (χ4v) is 3.09. The van der Waals surface area contributed by atoms with Crippen molar-refractivity contribution in [2.45, 2.75) is 26.6 Å². The monoisotopic (exact) mass is 478 g/mol. The van der Waals surface area contributed by atoms with Crippen molar-refractivity contribution in [2.24, 2.45) is 0 Å². The summed E-state index contributed by atoms with van der Waals surface area (Å²) in [5, 5.41) is 8.18. The maximum atomic E-state index is 12.9. The van der Waals surface area contributed by atoms with E-state index in [1.54, 1.807) is 13.8 Å². The maximum Gasteiger partial charge on any atom is 0.471 e. The van der Waals surface area contributed by atoms with Crippen molar-refractivity contribution in [1.82, 2.24) is 15.5 Å². The maximum absolute atomic E-state index is 12.9. The molecule has 3 rings (SSSR count). The molecule has 34 heavy (non-hydrogen) atoms. The number of aromatic nitrogens is 2. The van der Waals surface area contributed by atoms with E-state index in [1.165, 1.54) is 44.6 Å². The Kier molecular flexibility index (Phi) is 7.08. The largest absolute Gasteiger partial charge is 0.496 e. The van der Waals surface area contributed by atoms with Crippen LogP contribution in [-0.4, -0.2) is 42.4 Å². The van der Waals surface area contributed by atoms with Gasteiger partial charge in [0.1, 0.15) is 11.5 Å². The molecule has 9 nitrogen and oxygen atoms in total. The topological polar surface area (TPSA) is 116 Å². The molecule has 0 radical (unpaired) electrons. The first-order valence-electron chi connectivity index (χ1n) is 9.86. The van der Waals surface area contributed by atoms with Crippen LogP contribution in [0.15, 0.2) is 34.9 Å². The number of alkyl halides is 3. The third-order valence-electron chi connectivity index (χ3n) is 4.86. The Labute approximate surface area is 192 Å². The molecule has 1 heterocycles. The van der Waals surface area contributed by atoms with Gasteiger partial charge in [0.05, 0.1) is 14.2 Å². The van der Waals surface area contributed by atoms with Gasteiger partial charge in [0, 0.05) is 35.8 Å². The predicted molar refractivity (Wildman–Crippen MR) is 115 cm³/mol. The highest BCUT2D eigenvalue weighted by Crippen LogP contribution is 2.30. The molecule has 0 atom stereocenters. The lowest BCUT2D eigenvalue weighted by Crippen LogP contribution is -2.31. The molecule has 0 aliphatic carbocycles. The van der Waals surface area contributed by atoms with Crippen LogP contribution in [0, 0.1) is 13.8 Å². The number of rotatable bonds is 7. The second-order valence-electron chi connectivity index (χ2n) is 7.15. The zero-order valence-electron chi connectivity index (χ0n) is 18.7. The average molecular weight is 478 g/mol. The second kappa shape index (κ2) is 9.81. The van der Waals surface area contributed by atoms with Crippen LogP contribution < -0.4 is 20.1 Å². The second-order valence-corrected chi connectivity index (χ2v) is 7.15. The molecule has 12 heteroatoms. The molecule has 0 fully saturated rings. The van der Waals surface area contributed by atoms with Gasteiger partial charge in [-0.3, -0.25) is 9.59 Å². The number of amides is 2. The summed E-state index contributed by atoms with van der Waals surface area (Å²) in [5.41, 5.74) is 1.30. The molecule has 0 aliphatic rings. The van der Waals surface area contributed by atoms with Crippen molar-refractivity contribution in [3.8, 4) is 22.9 Å². The summed E-state index contributed by atoms with van der Waals surface area (Å²) in [6.07, 6.45) is -5.10. The number of carbonyl (C=O) groups is 2. The van der Waals surface area contributed by atoms with Crippen molar-refractivity contribution in [2.75, 3.05) is 19.5 Å². The minimum absolute atomic E-state index is 0.134. The van der Waals surface area contributed by atoms with Gasteiger partial charge in [0.2, 0.25) is 11.7 Å². The molecule has 2 aromatic carbocycles. The lowest BCUT2D eigenvalue weighted by Gasteiger charge is -2.15. The minimum atomic E-state index is -5.10. The molecule has 0 bridgehead atoms. The highest BCUT2D eigenvalue weighted by molar-refractivity contribution is 5.97.